The van der Waals surface area contributed by atoms with Crippen LogP contribution >= 0.6 is 0 Å². The van der Waals surface area contributed by atoms with Gasteiger partial charge >= 0.3 is 0 Å². The average molecular weight is 440 g/mol. The lowest BCUT2D eigenvalue weighted by Crippen LogP contribution is -2.33. The molecule has 2 fully saturated rings. The van der Waals surface area contributed by atoms with Gasteiger partial charge in [-0.15, -0.1) is 0 Å². The topological polar surface area (TPSA) is 105 Å². The van der Waals surface area contributed by atoms with Crippen LogP contribution < -0.4 is 10.6 Å². The summed E-state index contributed by atoms with van der Waals surface area (Å²) in [6.45, 7) is 1.36. The third-order valence-corrected chi connectivity index (χ3v) is 6.65. The van der Waals surface area contributed by atoms with Crippen molar-refractivity contribution in [2.45, 2.75) is 25.3 Å². The van der Waals surface area contributed by atoms with Crippen molar-refractivity contribution in [3.8, 4) is 0 Å². The number of carbonyl (C=O) groups excluding carboxylic acids is 2. The van der Waals surface area contributed by atoms with Gasteiger partial charge in [-0.1, -0.05) is 0 Å². The standard InChI is InChI=1S/C22H22F2N6O2/c23-15-1-2-17(24)16(9-15)19-4-6-27-30(19)21(32)12-7-13-10-29(11-14(13)8-12)22-26-5-3-18(28-22)20(25)31/h1-3,5-6,9,12-14,19H,4,7-8,10-11H2,(H2,25,31)/t12?,13-,14+,19?. The van der Waals surface area contributed by atoms with Crippen molar-refractivity contribution >= 4 is 24.0 Å². The molecule has 0 bridgehead atoms. The maximum absolute atomic E-state index is 14.3. The van der Waals surface area contributed by atoms with Crippen LogP contribution in [0.5, 0.6) is 0 Å². The number of halogens is 2. The monoisotopic (exact) mass is 440 g/mol. The highest BCUT2D eigenvalue weighted by Crippen LogP contribution is 2.44. The Hall–Kier alpha value is -3.43. The number of anilines is 1. The highest BCUT2D eigenvalue weighted by atomic mass is 19.1. The molecule has 2 unspecified atom stereocenters. The molecule has 8 nitrogen and oxygen atoms in total. The van der Waals surface area contributed by atoms with Gasteiger partial charge in [-0.05, 0) is 48.9 Å². The van der Waals surface area contributed by atoms with Crippen molar-refractivity contribution in [3.05, 3.63) is 53.4 Å². The molecule has 10 heteroatoms. The molecular weight excluding hydrogens is 418 g/mol. The largest absolute Gasteiger partial charge is 0.364 e. The summed E-state index contributed by atoms with van der Waals surface area (Å²) >= 11 is 0. The molecule has 1 saturated heterocycles. The first kappa shape index (κ1) is 20.5. The predicted molar refractivity (Wildman–Crippen MR) is 112 cm³/mol. The minimum atomic E-state index is -0.625. The van der Waals surface area contributed by atoms with E-state index in [1.54, 1.807) is 6.21 Å². The maximum Gasteiger partial charge on any atom is 0.267 e. The molecule has 5 rings (SSSR count). The molecule has 2 aliphatic heterocycles. The number of hydrazone groups is 1. The summed E-state index contributed by atoms with van der Waals surface area (Å²) in [5, 5.41) is 5.51. The average Bonchev–Trinajstić information content (AvgIpc) is 3.50. The van der Waals surface area contributed by atoms with Gasteiger partial charge in [-0.25, -0.2) is 23.8 Å². The quantitative estimate of drug-likeness (QED) is 0.785. The number of rotatable bonds is 4. The Morgan fingerprint density at radius 2 is 1.84 bits per heavy atom. The smallest absolute Gasteiger partial charge is 0.267 e. The minimum absolute atomic E-state index is 0.145. The van der Waals surface area contributed by atoms with E-state index < -0.39 is 23.6 Å². The van der Waals surface area contributed by atoms with Crippen molar-refractivity contribution in [1.29, 1.82) is 0 Å². The number of benzene rings is 1. The van der Waals surface area contributed by atoms with Gasteiger partial charge in [0.1, 0.15) is 17.3 Å². The van der Waals surface area contributed by atoms with E-state index in [-0.39, 0.29) is 34.9 Å². The molecule has 2 aromatic rings. The first-order valence-electron chi connectivity index (χ1n) is 10.6. The van der Waals surface area contributed by atoms with Crippen molar-refractivity contribution in [2.75, 3.05) is 18.0 Å². The summed E-state index contributed by atoms with van der Waals surface area (Å²) in [7, 11) is 0. The first-order valence-corrected chi connectivity index (χ1v) is 10.6. The van der Waals surface area contributed by atoms with Crippen LogP contribution in [0.3, 0.4) is 0 Å². The van der Waals surface area contributed by atoms with E-state index in [2.05, 4.69) is 15.1 Å². The molecule has 1 aliphatic carbocycles. The highest BCUT2D eigenvalue weighted by molar-refractivity contribution is 5.90. The van der Waals surface area contributed by atoms with E-state index in [9.17, 15) is 18.4 Å². The van der Waals surface area contributed by atoms with Gasteiger partial charge in [-0.3, -0.25) is 9.59 Å². The fraction of sp³-hybridized carbons (Fsp3) is 0.409. The Labute approximate surface area is 183 Å². The Morgan fingerprint density at radius 1 is 1.09 bits per heavy atom. The van der Waals surface area contributed by atoms with Crippen LogP contribution in [0.25, 0.3) is 0 Å². The van der Waals surface area contributed by atoms with Crippen molar-refractivity contribution in [2.24, 2.45) is 28.6 Å². The number of hydrogen-bond acceptors (Lipinski definition) is 6. The number of nitrogens with zero attached hydrogens (tertiary/aromatic N) is 5. The third-order valence-electron chi connectivity index (χ3n) is 6.65. The summed E-state index contributed by atoms with van der Waals surface area (Å²) in [6.07, 6.45) is 4.81. The number of amides is 2. The molecule has 1 aromatic carbocycles. The molecule has 2 N–H and O–H groups in total. The molecule has 166 valence electrons. The Bertz CT molecular complexity index is 1100. The lowest BCUT2D eigenvalue weighted by molar-refractivity contribution is -0.137. The molecular formula is C22H22F2N6O2. The number of hydrogen-bond donors (Lipinski definition) is 1. The fourth-order valence-corrected chi connectivity index (χ4v) is 5.14. The second kappa shape index (κ2) is 7.92. The van der Waals surface area contributed by atoms with E-state index in [1.807, 2.05) is 4.90 Å². The second-order valence-electron chi connectivity index (χ2n) is 8.60. The van der Waals surface area contributed by atoms with Crippen LogP contribution in [-0.2, 0) is 4.79 Å². The summed E-state index contributed by atoms with van der Waals surface area (Å²) in [6, 6.07) is 4.13. The van der Waals surface area contributed by atoms with Gasteiger partial charge < -0.3 is 10.6 Å². The second-order valence-corrected chi connectivity index (χ2v) is 8.60. The Balaban J connectivity index is 1.26. The third kappa shape index (κ3) is 3.59. The number of aromatic nitrogens is 2. The maximum atomic E-state index is 14.3. The molecule has 32 heavy (non-hydrogen) atoms. The predicted octanol–water partition coefficient (Wildman–Crippen LogP) is 2.28. The molecule has 3 heterocycles. The van der Waals surface area contributed by atoms with Gasteiger partial charge in [0.05, 0.1) is 6.04 Å². The van der Waals surface area contributed by atoms with Crippen LogP contribution in [-0.4, -0.2) is 46.1 Å². The lowest BCUT2D eigenvalue weighted by Gasteiger charge is -2.26. The normalized spacial score (nSPS) is 26.6. The summed E-state index contributed by atoms with van der Waals surface area (Å²) in [5.74, 6) is -1.05. The summed E-state index contributed by atoms with van der Waals surface area (Å²) in [5.41, 5.74) is 5.62. The zero-order valence-corrected chi connectivity index (χ0v) is 17.2. The van der Waals surface area contributed by atoms with Crippen molar-refractivity contribution < 1.29 is 18.4 Å². The molecule has 1 aromatic heterocycles. The molecule has 3 aliphatic rings. The lowest BCUT2D eigenvalue weighted by atomic mass is 10.00. The number of primary amides is 1. The van der Waals surface area contributed by atoms with E-state index in [4.69, 9.17) is 5.73 Å². The van der Waals surface area contributed by atoms with Gasteiger partial charge in [0.15, 0.2) is 0 Å². The Morgan fingerprint density at radius 3 is 2.56 bits per heavy atom. The number of nitrogens with two attached hydrogens (primary N) is 1. The van der Waals surface area contributed by atoms with E-state index >= 15 is 0 Å². The van der Waals surface area contributed by atoms with E-state index in [0.717, 1.165) is 18.2 Å². The summed E-state index contributed by atoms with van der Waals surface area (Å²) in [4.78, 5) is 35.1. The fourth-order valence-electron chi connectivity index (χ4n) is 5.14. The SMILES string of the molecule is NC(=O)c1ccnc(N2C[C@H]3CC(C(=O)N4N=CCC4c4cc(F)ccc4F)C[C@H]3C2)n1. The van der Waals surface area contributed by atoms with Gasteiger partial charge in [0, 0.05) is 43.4 Å². The van der Waals surface area contributed by atoms with E-state index in [1.165, 1.54) is 17.3 Å². The van der Waals surface area contributed by atoms with Crippen LogP contribution in [0.4, 0.5) is 14.7 Å². The van der Waals surface area contributed by atoms with Crippen LogP contribution in [0.2, 0.25) is 0 Å². The molecule has 4 atom stereocenters. The van der Waals surface area contributed by atoms with Crippen LogP contribution in [0.15, 0.2) is 35.6 Å². The van der Waals surface area contributed by atoms with E-state index in [0.29, 0.717) is 38.3 Å². The zero-order valence-electron chi connectivity index (χ0n) is 17.2. The van der Waals surface area contributed by atoms with Gasteiger partial charge in [-0.2, -0.15) is 5.10 Å². The minimum Gasteiger partial charge on any atom is -0.364 e. The van der Waals surface area contributed by atoms with Gasteiger partial charge in [0.25, 0.3) is 5.91 Å². The van der Waals surface area contributed by atoms with Gasteiger partial charge in [0.2, 0.25) is 11.9 Å². The summed E-state index contributed by atoms with van der Waals surface area (Å²) < 4.78 is 28.0. The number of fused-ring (bicyclic) bond motifs is 1. The zero-order chi connectivity index (χ0) is 22.4. The van der Waals surface area contributed by atoms with Crippen LogP contribution in [0, 0.1) is 29.4 Å². The van der Waals surface area contributed by atoms with Crippen molar-refractivity contribution in [3.63, 3.8) is 0 Å². The molecule has 2 amide bonds. The first-order chi connectivity index (χ1) is 15.4. The molecule has 0 radical (unpaired) electrons. The highest BCUT2D eigenvalue weighted by Gasteiger charge is 2.46. The molecule has 0 spiro atoms. The Kier molecular flexibility index (Phi) is 5.07. The van der Waals surface area contributed by atoms with Crippen LogP contribution in [0.1, 0.15) is 41.4 Å². The van der Waals surface area contributed by atoms with Crippen molar-refractivity contribution in [1.82, 2.24) is 15.0 Å². The molecule has 1 saturated carbocycles. The number of carbonyl (C=O) groups is 2.